The van der Waals surface area contributed by atoms with E-state index >= 15 is 0 Å². The van der Waals surface area contributed by atoms with Gasteiger partial charge in [-0.2, -0.15) is 0 Å². The third kappa shape index (κ3) is 7.12. The fourth-order valence-corrected chi connectivity index (χ4v) is 3.21. The van der Waals surface area contributed by atoms with Gasteiger partial charge in [-0.05, 0) is 40.2 Å². The molecule has 2 aromatic rings. The summed E-state index contributed by atoms with van der Waals surface area (Å²) in [5, 5.41) is 0.321. The largest absolute Gasteiger partial charge is 0.488 e. The van der Waals surface area contributed by atoms with Gasteiger partial charge in [0.05, 0.1) is 6.54 Å². The molecule has 1 aromatic carbocycles. The molecule has 0 bridgehead atoms. The monoisotopic (exact) mass is 461 g/mol. The molecule has 1 heterocycles. The number of ether oxygens (including phenoxy) is 2. The number of aromatic nitrogens is 1. The summed E-state index contributed by atoms with van der Waals surface area (Å²) in [6.07, 6.45) is -0.553. The van der Waals surface area contributed by atoms with Crippen molar-refractivity contribution in [3.63, 3.8) is 0 Å². The highest BCUT2D eigenvalue weighted by Gasteiger charge is 2.29. The van der Waals surface area contributed by atoms with Gasteiger partial charge in [0.1, 0.15) is 29.2 Å². The van der Waals surface area contributed by atoms with Crippen molar-refractivity contribution >= 4 is 23.6 Å². The molecule has 1 aromatic heterocycles. The number of halogens is 1. The minimum atomic E-state index is -0.705. The van der Waals surface area contributed by atoms with E-state index in [1.54, 1.807) is 52.8 Å². The van der Waals surface area contributed by atoms with Crippen LogP contribution in [0.5, 0.6) is 5.75 Å². The molecule has 0 spiro atoms. The Morgan fingerprint density at radius 3 is 2.38 bits per heavy atom. The second kappa shape index (κ2) is 10.7. The van der Waals surface area contributed by atoms with Crippen molar-refractivity contribution in [2.75, 3.05) is 14.1 Å². The number of amides is 2. The van der Waals surface area contributed by atoms with Crippen molar-refractivity contribution in [2.45, 2.75) is 59.4 Å². The third-order valence-electron chi connectivity index (χ3n) is 4.89. The number of pyridine rings is 1. The van der Waals surface area contributed by atoms with E-state index in [1.165, 1.54) is 4.90 Å². The second-order valence-corrected chi connectivity index (χ2v) is 9.13. The molecule has 0 radical (unpaired) electrons. The van der Waals surface area contributed by atoms with Crippen molar-refractivity contribution in [2.24, 2.45) is 0 Å². The minimum absolute atomic E-state index is 0.235. The molecular formula is C24H32ClN3O4. The van der Waals surface area contributed by atoms with E-state index in [2.05, 4.69) is 4.98 Å². The molecule has 2 amide bonds. The summed E-state index contributed by atoms with van der Waals surface area (Å²) in [6, 6.07) is 10.7. The smallest absolute Gasteiger partial charge is 0.410 e. The lowest BCUT2D eigenvalue weighted by molar-refractivity contribution is -0.135. The van der Waals surface area contributed by atoms with Gasteiger partial charge >= 0.3 is 6.09 Å². The molecule has 32 heavy (non-hydrogen) atoms. The molecular weight excluding hydrogens is 430 g/mol. The van der Waals surface area contributed by atoms with Crippen LogP contribution in [0.25, 0.3) is 0 Å². The Balaban J connectivity index is 2.14. The zero-order valence-corrected chi connectivity index (χ0v) is 20.6. The quantitative estimate of drug-likeness (QED) is 0.552. The normalized spacial score (nSPS) is 12.1. The number of carbonyl (C=O) groups excluding carboxylic acids is 2. The number of likely N-dealkylation sites (N-methyl/N-ethyl adjacent to an activating group) is 2. The summed E-state index contributed by atoms with van der Waals surface area (Å²) in [5.74, 6) is 0.334. The lowest BCUT2D eigenvalue weighted by Gasteiger charge is -2.30. The van der Waals surface area contributed by atoms with Gasteiger partial charge in [-0.15, -0.1) is 0 Å². The SMILES string of the molecule is Cc1nc(Cl)cc(OCc2ccccc2)c1CN(C)C(=O)[C@H](C)N(C)C(=O)OC(C)(C)C. The van der Waals surface area contributed by atoms with E-state index in [0.717, 1.165) is 11.1 Å². The van der Waals surface area contributed by atoms with Crippen LogP contribution in [0, 0.1) is 6.92 Å². The van der Waals surface area contributed by atoms with E-state index in [4.69, 9.17) is 21.1 Å². The predicted octanol–water partition coefficient (Wildman–Crippen LogP) is 4.84. The molecule has 8 heteroatoms. The van der Waals surface area contributed by atoms with Gasteiger partial charge < -0.3 is 14.4 Å². The molecule has 0 fully saturated rings. The average Bonchev–Trinajstić information content (AvgIpc) is 2.72. The van der Waals surface area contributed by atoms with Crippen LogP contribution in [0.2, 0.25) is 5.15 Å². The number of hydrogen-bond acceptors (Lipinski definition) is 5. The van der Waals surface area contributed by atoms with Crippen molar-refractivity contribution in [3.8, 4) is 5.75 Å². The summed E-state index contributed by atoms with van der Waals surface area (Å²) in [5.41, 5.74) is 1.81. The van der Waals surface area contributed by atoms with Crippen molar-refractivity contribution < 1.29 is 19.1 Å². The molecule has 0 saturated carbocycles. The van der Waals surface area contributed by atoms with Crippen LogP contribution < -0.4 is 4.74 Å². The van der Waals surface area contributed by atoms with Crippen molar-refractivity contribution in [3.05, 3.63) is 58.4 Å². The van der Waals surface area contributed by atoms with E-state index < -0.39 is 17.7 Å². The summed E-state index contributed by atoms with van der Waals surface area (Å²) >= 11 is 6.15. The zero-order chi connectivity index (χ0) is 24.1. The average molecular weight is 462 g/mol. The van der Waals surface area contributed by atoms with Crippen LogP contribution in [0.1, 0.15) is 44.5 Å². The first-order valence-corrected chi connectivity index (χ1v) is 10.8. The van der Waals surface area contributed by atoms with Crippen LogP contribution in [-0.4, -0.2) is 52.5 Å². The Bertz CT molecular complexity index is 944. The fourth-order valence-electron chi connectivity index (χ4n) is 2.98. The van der Waals surface area contributed by atoms with Gasteiger partial charge in [0.25, 0.3) is 0 Å². The third-order valence-corrected chi connectivity index (χ3v) is 5.08. The zero-order valence-electron chi connectivity index (χ0n) is 19.8. The minimum Gasteiger partial charge on any atom is -0.488 e. The van der Waals surface area contributed by atoms with Crippen LogP contribution in [0.4, 0.5) is 4.79 Å². The molecule has 7 nitrogen and oxygen atoms in total. The number of benzene rings is 1. The number of nitrogens with zero attached hydrogens (tertiary/aromatic N) is 3. The van der Waals surface area contributed by atoms with Gasteiger partial charge in [-0.1, -0.05) is 41.9 Å². The molecule has 1 atom stereocenters. The Morgan fingerprint density at radius 1 is 1.16 bits per heavy atom. The Hall–Kier alpha value is -2.80. The van der Waals surface area contributed by atoms with Crippen LogP contribution in [0.15, 0.2) is 36.4 Å². The predicted molar refractivity (Wildman–Crippen MR) is 125 cm³/mol. The molecule has 0 unspecified atom stereocenters. The van der Waals surface area contributed by atoms with Gasteiger partial charge in [0, 0.05) is 31.4 Å². The highest BCUT2D eigenvalue weighted by molar-refractivity contribution is 6.29. The maximum atomic E-state index is 13.0. The van der Waals surface area contributed by atoms with E-state index in [9.17, 15) is 9.59 Å². The van der Waals surface area contributed by atoms with Gasteiger partial charge in [0.15, 0.2) is 0 Å². The standard InChI is InChI=1S/C24H32ClN3O4/c1-16-19(20(13-21(25)26-16)31-15-18-11-9-8-10-12-18)14-27(6)22(29)17(2)28(7)23(30)32-24(3,4)5/h8-13,17H,14-15H2,1-7H3/t17-/m0/s1. The highest BCUT2D eigenvalue weighted by atomic mass is 35.5. The van der Waals surface area contributed by atoms with Crippen LogP contribution >= 0.6 is 11.6 Å². The van der Waals surface area contributed by atoms with Gasteiger partial charge in [-0.25, -0.2) is 9.78 Å². The summed E-state index contributed by atoms with van der Waals surface area (Å²) < 4.78 is 11.4. The lowest BCUT2D eigenvalue weighted by Crippen LogP contribution is -2.47. The molecule has 0 aliphatic carbocycles. The number of carbonyl (C=O) groups is 2. The van der Waals surface area contributed by atoms with E-state index in [-0.39, 0.29) is 12.5 Å². The first kappa shape index (κ1) is 25.5. The second-order valence-electron chi connectivity index (χ2n) is 8.74. The summed E-state index contributed by atoms with van der Waals surface area (Å²) in [6.45, 7) is 9.46. The maximum Gasteiger partial charge on any atom is 0.410 e. The number of hydrogen-bond donors (Lipinski definition) is 0. The number of aryl methyl sites for hydroxylation is 1. The summed E-state index contributed by atoms with van der Waals surface area (Å²) in [7, 11) is 3.23. The molecule has 0 N–H and O–H groups in total. The van der Waals surface area contributed by atoms with Crippen LogP contribution in [0.3, 0.4) is 0 Å². The first-order valence-electron chi connectivity index (χ1n) is 10.4. The molecule has 0 aliphatic rings. The molecule has 0 aliphatic heterocycles. The van der Waals surface area contributed by atoms with Crippen molar-refractivity contribution in [1.82, 2.24) is 14.8 Å². The van der Waals surface area contributed by atoms with Crippen LogP contribution in [-0.2, 0) is 22.7 Å². The van der Waals surface area contributed by atoms with Crippen molar-refractivity contribution in [1.29, 1.82) is 0 Å². The fraction of sp³-hybridized carbons (Fsp3) is 0.458. The first-order chi connectivity index (χ1) is 14.9. The van der Waals surface area contributed by atoms with Gasteiger partial charge in [0.2, 0.25) is 5.91 Å². The lowest BCUT2D eigenvalue weighted by atomic mass is 10.1. The van der Waals surface area contributed by atoms with E-state index in [0.29, 0.717) is 23.2 Å². The topological polar surface area (TPSA) is 72.0 Å². The Morgan fingerprint density at radius 2 is 1.78 bits per heavy atom. The van der Waals surface area contributed by atoms with Gasteiger partial charge in [-0.3, -0.25) is 9.69 Å². The molecule has 174 valence electrons. The number of rotatable bonds is 7. The Labute approximate surface area is 195 Å². The van der Waals surface area contributed by atoms with E-state index in [1.807, 2.05) is 37.3 Å². The Kier molecular flexibility index (Phi) is 8.50. The summed E-state index contributed by atoms with van der Waals surface area (Å²) in [4.78, 5) is 32.5. The molecule has 0 saturated heterocycles. The molecule has 2 rings (SSSR count). The maximum absolute atomic E-state index is 13.0. The highest BCUT2D eigenvalue weighted by Crippen LogP contribution is 2.27.